The lowest BCUT2D eigenvalue weighted by Gasteiger charge is -2.07. The molecular formula is C10H14ClN. The Labute approximate surface area is 78.5 Å². The molecule has 1 rings (SSSR count). The molecule has 0 aromatic heterocycles. The summed E-state index contributed by atoms with van der Waals surface area (Å²) in [6.07, 6.45) is 1.02. The van der Waals surface area contributed by atoms with Crippen LogP contribution >= 0.6 is 11.6 Å². The van der Waals surface area contributed by atoms with Gasteiger partial charge in [0, 0.05) is 10.7 Å². The lowest BCUT2D eigenvalue weighted by molar-refractivity contribution is 0.648. The van der Waals surface area contributed by atoms with Crippen molar-refractivity contribution < 1.29 is 0 Å². The number of halogens is 1. The van der Waals surface area contributed by atoms with Gasteiger partial charge in [-0.2, -0.15) is 0 Å². The van der Waals surface area contributed by atoms with Gasteiger partial charge in [-0.05, 0) is 30.0 Å². The first-order valence-corrected chi connectivity index (χ1v) is 4.51. The van der Waals surface area contributed by atoms with Crippen LogP contribution in [0.4, 0.5) is 5.69 Å². The minimum absolute atomic E-state index is 0.633. The second kappa shape index (κ2) is 3.81. The highest BCUT2D eigenvalue weighted by molar-refractivity contribution is 6.30. The minimum atomic E-state index is 0.633. The van der Waals surface area contributed by atoms with Crippen molar-refractivity contribution in [3.63, 3.8) is 0 Å². The van der Waals surface area contributed by atoms with Crippen molar-refractivity contribution in [2.45, 2.75) is 20.3 Å². The SMILES string of the molecule is CC(C)Cc1ccc(Cl)cc1N. The summed E-state index contributed by atoms with van der Waals surface area (Å²) in [4.78, 5) is 0. The minimum Gasteiger partial charge on any atom is -0.398 e. The van der Waals surface area contributed by atoms with Gasteiger partial charge in [0.05, 0.1) is 0 Å². The zero-order chi connectivity index (χ0) is 9.14. The summed E-state index contributed by atoms with van der Waals surface area (Å²) in [7, 11) is 0. The zero-order valence-electron chi connectivity index (χ0n) is 7.47. The number of rotatable bonds is 2. The molecule has 0 aliphatic rings. The van der Waals surface area contributed by atoms with Crippen molar-refractivity contribution >= 4 is 17.3 Å². The van der Waals surface area contributed by atoms with E-state index in [1.807, 2.05) is 12.1 Å². The summed E-state index contributed by atoms with van der Waals surface area (Å²) >= 11 is 5.77. The molecule has 66 valence electrons. The fourth-order valence-corrected chi connectivity index (χ4v) is 1.37. The maximum Gasteiger partial charge on any atom is 0.0426 e. The summed E-state index contributed by atoms with van der Waals surface area (Å²) < 4.78 is 0. The molecule has 0 unspecified atom stereocenters. The summed E-state index contributed by atoms with van der Waals surface area (Å²) in [5.74, 6) is 0.633. The monoisotopic (exact) mass is 183 g/mol. The summed E-state index contributed by atoms with van der Waals surface area (Å²) in [6, 6.07) is 5.69. The Kier molecular flexibility index (Phi) is 2.99. The quantitative estimate of drug-likeness (QED) is 0.701. The molecule has 0 saturated carbocycles. The molecule has 0 aliphatic heterocycles. The maximum absolute atomic E-state index is 5.79. The predicted molar refractivity (Wildman–Crippen MR) is 54.4 cm³/mol. The number of anilines is 1. The predicted octanol–water partition coefficient (Wildman–Crippen LogP) is 3.12. The molecule has 0 fully saturated rings. The Hall–Kier alpha value is -0.690. The standard InChI is InChI=1S/C10H14ClN/c1-7(2)5-8-3-4-9(11)6-10(8)12/h3-4,6-7H,5,12H2,1-2H3. The van der Waals surface area contributed by atoms with E-state index < -0.39 is 0 Å². The Morgan fingerprint density at radius 3 is 2.58 bits per heavy atom. The van der Waals surface area contributed by atoms with Crippen molar-refractivity contribution in [2.24, 2.45) is 5.92 Å². The Balaban J connectivity index is 2.86. The molecular weight excluding hydrogens is 170 g/mol. The van der Waals surface area contributed by atoms with Crippen molar-refractivity contribution in [1.29, 1.82) is 0 Å². The Morgan fingerprint density at radius 1 is 1.42 bits per heavy atom. The van der Waals surface area contributed by atoms with Crippen LogP contribution in [0.2, 0.25) is 5.02 Å². The van der Waals surface area contributed by atoms with E-state index in [4.69, 9.17) is 17.3 Å². The van der Waals surface area contributed by atoms with E-state index in [-0.39, 0.29) is 0 Å². The third-order valence-corrected chi connectivity index (χ3v) is 1.97. The van der Waals surface area contributed by atoms with Crippen LogP contribution in [0.5, 0.6) is 0 Å². The van der Waals surface area contributed by atoms with Crippen molar-refractivity contribution in [3.8, 4) is 0 Å². The zero-order valence-corrected chi connectivity index (χ0v) is 8.23. The summed E-state index contributed by atoms with van der Waals surface area (Å²) in [5, 5.41) is 0.708. The number of hydrogen-bond acceptors (Lipinski definition) is 1. The van der Waals surface area contributed by atoms with E-state index in [9.17, 15) is 0 Å². The van der Waals surface area contributed by atoms with Crippen LogP contribution in [-0.4, -0.2) is 0 Å². The van der Waals surface area contributed by atoms with Crippen LogP contribution in [0.1, 0.15) is 19.4 Å². The summed E-state index contributed by atoms with van der Waals surface area (Å²) in [6.45, 7) is 4.35. The Morgan fingerprint density at radius 2 is 2.08 bits per heavy atom. The molecule has 0 radical (unpaired) electrons. The van der Waals surface area contributed by atoms with Gasteiger partial charge in [-0.1, -0.05) is 31.5 Å². The number of nitrogen functional groups attached to an aromatic ring is 1. The van der Waals surface area contributed by atoms with Gasteiger partial charge in [-0.25, -0.2) is 0 Å². The highest BCUT2D eigenvalue weighted by Gasteiger charge is 2.01. The molecule has 0 aliphatic carbocycles. The number of hydrogen-bond donors (Lipinski definition) is 1. The lowest BCUT2D eigenvalue weighted by atomic mass is 10.0. The fraction of sp³-hybridized carbons (Fsp3) is 0.400. The first kappa shape index (κ1) is 9.40. The summed E-state index contributed by atoms with van der Waals surface area (Å²) in [5.41, 5.74) is 7.78. The van der Waals surface area contributed by atoms with Crippen molar-refractivity contribution in [2.75, 3.05) is 5.73 Å². The molecule has 0 bridgehead atoms. The second-order valence-corrected chi connectivity index (χ2v) is 3.88. The first-order chi connectivity index (χ1) is 5.59. The molecule has 2 N–H and O–H groups in total. The van der Waals surface area contributed by atoms with E-state index in [1.54, 1.807) is 6.07 Å². The van der Waals surface area contributed by atoms with Gasteiger partial charge in [-0.15, -0.1) is 0 Å². The van der Waals surface area contributed by atoms with E-state index in [2.05, 4.69) is 13.8 Å². The first-order valence-electron chi connectivity index (χ1n) is 4.13. The largest absolute Gasteiger partial charge is 0.398 e. The van der Waals surface area contributed by atoms with E-state index in [1.165, 1.54) is 5.56 Å². The lowest BCUT2D eigenvalue weighted by Crippen LogP contribution is -1.98. The fourth-order valence-electron chi connectivity index (χ4n) is 1.19. The van der Waals surface area contributed by atoms with E-state index in [0.29, 0.717) is 10.9 Å². The molecule has 0 spiro atoms. The molecule has 1 aromatic rings. The van der Waals surface area contributed by atoms with Crippen LogP contribution < -0.4 is 5.73 Å². The van der Waals surface area contributed by atoms with Gasteiger partial charge in [0.2, 0.25) is 0 Å². The number of benzene rings is 1. The second-order valence-electron chi connectivity index (χ2n) is 3.44. The van der Waals surface area contributed by atoms with Crippen molar-refractivity contribution in [1.82, 2.24) is 0 Å². The third kappa shape index (κ3) is 2.42. The van der Waals surface area contributed by atoms with Crippen LogP contribution in [0.15, 0.2) is 18.2 Å². The highest BCUT2D eigenvalue weighted by atomic mass is 35.5. The average Bonchev–Trinajstić information content (AvgIpc) is 1.94. The smallest absolute Gasteiger partial charge is 0.0426 e. The van der Waals surface area contributed by atoms with Crippen LogP contribution in [0.25, 0.3) is 0 Å². The van der Waals surface area contributed by atoms with Crippen molar-refractivity contribution in [3.05, 3.63) is 28.8 Å². The Bertz CT molecular complexity index is 269. The van der Waals surface area contributed by atoms with Crippen LogP contribution in [0.3, 0.4) is 0 Å². The van der Waals surface area contributed by atoms with E-state index in [0.717, 1.165) is 12.1 Å². The average molecular weight is 184 g/mol. The number of nitrogens with two attached hydrogens (primary N) is 1. The molecule has 12 heavy (non-hydrogen) atoms. The molecule has 0 atom stereocenters. The van der Waals surface area contributed by atoms with Gasteiger partial charge >= 0.3 is 0 Å². The molecule has 0 amide bonds. The molecule has 2 heteroatoms. The van der Waals surface area contributed by atoms with E-state index >= 15 is 0 Å². The van der Waals surface area contributed by atoms with Gasteiger partial charge < -0.3 is 5.73 Å². The normalized spacial score (nSPS) is 10.7. The van der Waals surface area contributed by atoms with Gasteiger partial charge in [-0.3, -0.25) is 0 Å². The highest BCUT2D eigenvalue weighted by Crippen LogP contribution is 2.20. The molecule has 0 saturated heterocycles. The molecule has 1 aromatic carbocycles. The van der Waals surface area contributed by atoms with Gasteiger partial charge in [0.15, 0.2) is 0 Å². The maximum atomic E-state index is 5.79. The van der Waals surface area contributed by atoms with Gasteiger partial charge in [0.25, 0.3) is 0 Å². The third-order valence-electron chi connectivity index (χ3n) is 1.74. The van der Waals surface area contributed by atoms with Crippen LogP contribution in [0, 0.1) is 5.92 Å². The molecule has 1 nitrogen and oxygen atoms in total. The topological polar surface area (TPSA) is 26.0 Å². The van der Waals surface area contributed by atoms with Gasteiger partial charge in [0.1, 0.15) is 0 Å². The molecule has 0 heterocycles. The van der Waals surface area contributed by atoms with Crippen LogP contribution in [-0.2, 0) is 6.42 Å².